The van der Waals surface area contributed by atoms with Crippen LogP contribution in [0.2, 0.25) is 0 Å². The Morgan fingerprint density at radius 3 is 2.35 bits per heavy atom. The average molecular weight is 227 g/mol. The molecule has 0 aromatic heterocycles. The lowest BCUT2D eigenvalue weighted by Crippen LogP contribution is -1.95. The highest BCUT2D eigenvalue weighted by Crippen LogP contribution is 2.32. The van der Waals surface area contributed by atoms with Gasteiger partial charge in [-0.05, 0) is 44.0 Å². The van der Waals surface area contributed by atoms with Gasteiger partial charge in [-0.3, -0.25) is 0 Å². The lowest BCUT2D eigenvalue weighted by Gasteiger charge is -2.13. The first-order valence-electron chi connectivity index (χ1n) is 5.68. The molecule has 88 valence electrons. The number of rotatable bonds is 2. The van der Waals surface area contributed by atoms with Crippen LogP contribution in [-0.2, 0) is 0 Å². The maximum atomic E-state index is 5.92. The lowest BCUT2D eigenvalue weighted by molar-refractivity contribution is 0.477. The highest BCUT2D eigenvalue weighted by molar-refractivity contribution is 5.58. The van der Waals surface area contributed by atoms with E-state index in [0.29, 0.717) is 5.69 Å². The summed E-state index contributed by atoms with van der Waals surface area (Å²) < 4.78 is 5.90. The molecule has 0 spiro atoms. The Labute approximate surface area is 102 Å². The van der Waals surface area contributed by atoms with Gasteiger partial charge in [0.15, 0.2) is 5.75 Å². The predicted octanol–water partition coefficient (Wildman–Crippen LogP) is 3.99. The van der Waals surface area contributed by atoms with E-state index in [2.05, 4.69) is 13.0 Å². The second-order valence-electron chi connectivity index (χ2n) is 4.36. The summed E-state index contributed by atoms with van der Waals surface area (Å²) in [6.45, 7) is 6.10. The first-order valence-corrected chi connectivity index (χ1v) is 5.68. The molecular formula is C15H17NO. The number of benzene rings is 2. The molecule has 0 radical (unpaired) electrons. The summed E-state index contributed by atoms with van der Waals surface area (Å²) in [6.07, 6.45) is 0. The van der Waals surface area contributed by atoms with Crippen molar-refractivity contribution in [3.05, 3.63) is 53.1 Å². The van der Waals surface area contributed by atoms with Crippen LogP contribution in [0.15, 0.2) is 36.4 Å². The number of aryl methyl sites for hydroxylation is 3. The summed E-state index contributed by atoms with van der Waals surface area (Å²) in [7, 11) is 0. The van der Waals surface area contributed by atoms with Gasteiger partial charge in [0.05, 0.1) is 5.69 Å². The van der Waals surface area contributed by atoms with E-state index in [-0.39, 0.29) is 0 Å². The van der Waals surface area contributed by atoms with Gasteiger partial charge in [-0.25, -0.2) is 0 Å². The van der Waals surface area contributed by atoms with E-state index in [9.17, 15) is 0 Å². The molecule has 2 N–H and O–H groups in total. The topological polar surface area (TPSA) is 35.2 Å². The van der Waals surface area contributed by atoms with Crippen LogP contribution in [0.5, 0.6) is 11.5 Å². The Hall–Kier alpha value is -1.96. The average Bonchev–Trinajstić information content (AvgIpc) is 2.26. The van der Waals surface area contributed by atoms with Crippen molar-refractivity contribution in [1.29, 1.82) is 0 Å². The van der Waals surface area contributed by atoms with Gasteiger partial charge < -0.3 is 10.5 Å². The Morgan fingerprint density at radius 1 is 0.941 bits per heavy atom. The summed E-state index contributed by atoms with van der Waals surface area (Å²) >= 11 is 0. The normalized spacial score (nSPS) is 10.3. The van der Waals surface area contributed by atoms with E-state index in [1.54, 1.807) is 0 Å². The Morgan fingerprint density at radius 2 is 1.71 bits per heavy atom. The summed E-state index contributed by atoms with van der Waals surface area (Å²) in [5, 5.41) is 0. The van der Waals surface area contributed by atoms with Crippen LogP contribution in [0.3, 0.4) is 0 Å². The first kappa shape index (κ1) is 11.5. The largest absolute Gasteiger partial charge is 0.455 e. The molecule has 0 atom stereocenters. The van der Waals surface area contributed by atoms with Crippen LogP contribution in [-0.4, -0.2) is 0 Å². The van der Waals surface area contributed by atoms with Crippen molar-refractivity contribution in [1.82, 2.24) is 0 Å². The second-order valence-corrected chi connectivity index (χ2v) is 4.36. The standard InChI is InChI=1S/C15H17NO/c1-10-7-8-14(12(3)9-10)17-15-11(2)5-4-6-13(15)16/h4-9H,16H2,1-3H3. The summed E-state index contributed by atoms with van der Waals surface area (Å²) in [5.41, 5.74) is 9.99. The van der Waals surface area contributed by atoms with Crippen LogP contribution in [0, 0.1) is 20.8 Å². The number of hydrogen-bond donors (Lipinski definition) is 1. The van der Waals surface area contributed by atoms with Crippen molar-refractivity contribution in [2.75, 3.05) is 5.73 Å². The molecule has 17 heavy (non-hydrogen) atoms. The molecule has 0 bridgehead atoms. The molecule has 2 nitrogen and oxygen atoms in total. The van der Waals surface area contributed by atoms with E-state index in [1.807, 2.05) is 44.2 Å². The maximum Gasteiger partial charge on any atom is 0.153 e. The fourth-order valence-electron chi connectivity index (χ4n) is 1.84. The Balaban J connectivity index is 2.38. The smallest absolute Gasteiger partial charge is 0.153 e. The second kappa shape index (κ2) is 4.50. The molecular weight excluding hydrogens is 210 g/mol. The number of para-hydroxylation sites is 1. The number of hydrogen-bond acceptors (Lipinski definition) is 2. The van der Waals surface area contributed by atoms with Crippen molar-refractivity contribution in [3.63, 3.8) is 0 Å². The van der Waals surface area contributed by atoms with Crippen molar-refractivity contribution >= 4 is 5.69 Å². The van der Waals surface area contributed by atoms with E-state index < -0.39 is 0 Å². The molecule has 0 saturated carbocycles. The van der Waals surface area contributed by atoms with Crippen LogP contribution < -0.4 is 10.5 Å². The summed E-state index contributed by atoms with van der Waals surface area (Å²) in [4.78, 5) is 0. The van der Waals surface area contributed by atoms with Crippen molar-refractivity contribution in [3.8, 4) is 11.5 Å². The summed E-state index contributed by atoms with van der Waals surface area (Å²) in [5.74, 6) is 1.61. The van der Waals surface area contributed by atoms with E-state index in [4.69, 9.17) is 10.5 Å². The Bertz CT molecular complexity index is 526. The number of anilines is 1. The fraction of sp³-hybridized carbons (Fsp3) is 0.200. The van der Waals surface area contributed by atoms with E-state index in [1.165, 1.54) is 5.56 Å². The SMILES string of the molecule is Cc1ccc(Oc2c(C)cccc2N)c(C)c1. The minimum absolute atomic E-state index is 0.671. The number of nitrogen functional groups attached to an aromatic ring is 1. The van der Waals surface area contributed by atoms with Gasteiger partial charge in [0.1, 0.15) is 5.75 Å². The van der Waals surface area contributed by atoms with Crippen molar-refractivity contribution in [2.45, 2.75) is 20.8 Å². The zero-order valence-corrected chi connectivity index (χ0v) is 10.4. The molecule has 0 amide bonds. The minimum Gasteiger partial charge on any atom is -0.455 e. The molecule has 2 rings (SSSR count). The van der Waals surface area contributed by atoms with Gasteiger partial charge >= 0.3 is 0 Å². The lowest BCUT2D eigenvalue weighted by atomic mass is 10.1. The highest BCUT2D eigenvalue weighted by atomic mass is 16.5. The first-order chi connectivity index (χ1) is 8.08. The third kappa shape index (κ3) is 2.41. The summed E-state index contributed by atoms with van der Waals surface area (Å²) in [6, 6.07) is 11.9. The van der Waals surface area contributed by atoms with Gasteiger partial charge in [-0.2, -0.15) is 0 Å². The fourth-order valence-corrected chi connectivity index (χ4v) is 1.84. The van der Waals surface area contributed by atoms with Crippen LogP contribution in [0.4, 0.5) is 5.69 Å². The third-order valence-electron chi connectivity index (χ3n) is 2.78. The molecule has 0 aliphatic carbocycles. The van der Waals surface area contributed by atoms with E-state index >= 15 is 0 Å². The molecule has 2 aromatic carbocycles. The van der Waals surface area contributed by atoms with Crippen molar-refractivity contribution in [2.24, 2.45) is 0 Å². The van der Waals surface area contributed by atoms with Gasteiger partial charge in [-0.15, -0.1) is 0 Å². The molecule has 0 saturated heterocycles. The van der Waals surface area contributed by atoms with Gasteiger partial charge in [0.2, 0.25) is 0 Å². The molecule has 2 aromatic rings. The quantitative estimate of drug-likeness (QED) is 0.787. The van der Waals surface area contributed by atoms with Gasteiger partial charge in [-0.1, -0.05) is 29.8 Å². The molecule has 0 heterocycles. The van der Waals surface area contributed by atoms with Crippen LogP contribution in [0.25, 0.3) is 0 Å². The zero-order valence-electron chi connectivity index (χ0n) is 10.4. The van der Waals surface area contributed by atoms with Gasteiger partial charge in [0.25, 0.3) is 0 Å². The molecule has 0 aliphatic heterocycles. The number of ether oxygens (including phenoxy) is 1. The zero-order chi connectivity index (χ0) is 12.4. The molecule has 0 fully saturated rings. The highest BCUT2D eigenvalue weighted by Gasteiger charge is 2.07. The van der Waals surface area contributed by atoms with Crippen LogP contribution in [0.1, 0.15) is 16.7 Å². The van der Waals surface area contributed by atoms with Crippen LogP contribution >= 0.6 is 0 Å². The maximum absolute atomic E-state index is 5.92. The van der Waals surface area contributed by atoms with Crippen molar-refractivity contribution < 1.29 is 4.74 Å². The predicted molar refractivity (Wildman–Crippen MR) is 71.6 cm³/mol. The molecule has 0 unspecified atom stereocenters. The molecule has 2 heteroatoms. The monoisotopic (exact) mass is 227 g/mol. The number of nitrogens with two attached hydrogens (primary N) is 1. The van der Waals surface area contributed by atoms with Gasteiger partial charge in [0, 0.05) is 0 Å². The molecule has 0 aliphatic rings. The third-order valence-corrected chi connectivity index (χ3v) is 2.78. The Kier molecular flexibility index (Phi) is 3.05. The van der Waals surface area contributed by atoms with E-state index in [0.717, 1.165) is 22.6 Å². The minimum atomic E-state index is 0.671.